The van der Waals surface area contributed by atoms with Gasteiger partial charge in [-0.1, -0.05) is 13.8 Å². The molecule has 2 amide bonds. The number of ether oxygens (including phenoxy) is 1. The Balaban J connectivity index is 1.99. The van der Waals surface area contributed by atoms with Crippen LogP contribution in [0, 0.1) is 5.41 Å². The van der Waals surface area contributed by atoms with Crippen molar-refractivity contribution in [1.82, 2.24) is 15.2 Å². The highest BCUT2D eigenvalue weighted by Crippen LogP contribution is 2.51. The van der Waals surface area contributed by atoms with E-state index in [-0.39, 0.29) is 29.1 Å². The van der Waals surface area contributed by atoms with Crippen LogP contribution in [0.15, 0.2) is 24.5 Å². The van der Waals surface area contributed by atoms with Crippen LogP contribution in [-0.4, -0.2) is 41.7 Å². The predicted octanol–water partition coefficient (Wildman–Crippen LogP) is 2.99. The van der Waals surface area contributed by atoms with Crippen molar-refractivity contribution in [2.24, 2.45) is 5.41 Å². The molecule has 0 aromatic carbocycles. The molecule has 5 nitrogen and oxygen atoms in total. The minimum atomic E-state index is -0.180. The number of nitrogens with zero attached hydrogens (tertiary/aromatic N) is 2. The Labute approximate surface area is 133 Å². The molecule has 0 saturated heterocycles. The van der Waals surface area contributed by atoms with Crippen molar-refractivity contribution in [3.63, 3.8) is 0 Å². The summed E-state index contributed by atoms with van der Waals surface area (Å²) < 4.78 is 5.61. The summed E-state index contributed by atoms with van der Waals surface area (Å²) >= 11 is 0. The summed E-state index contributed by atoms with van der Waals surface area (Å²) in [6.07, 6.45) is 4.33. The third-order valence-corrected chi connectivity index (χ3v) is 5.67. The molecular formula is C17H27N3O2. The molecule has 1 aromatic rings. The van der Waals surface area contributed by atoms with Gasteiger partial charge in [0.2, 0.25) is 0 Å². The predicted molar refractivity (Wildman–Crippen MR) is 86.5 cm³/mol. The highest BCUT2D eigenvalue weighted by atomic mass is 16.5. The maximum atomic E-state index is 12.5. The van der Waals surface area contributed by atoms with E-state index in [0.717, 1.165) is 12.0 Å². The minimum Gasteiger partial charge on any atom is -0.378 e. The van der Waals surface area contributed by atoms with Crippen LogP contribution in [0.25, 0.3) is 0 Å². The number of hydrogen-bond acceptors (Lipinski definition) is 3. The highest BCUT2D eigenvalue weighted by molar-refractivity contribution is 5.75. The molecule has 122 valence electrons. The Morgan fingerprint density at radius 3 is 2.50 bits per heavy atom. The van der Waals surface area contributed by atoms with E-state index in [1.54, 1.807) is 24.4 Å². The van der Waals surface area contributed by atoms with E-state index in [9.17, 15) is 4.79 Å². The Morgan fingerprint density at radius 1 is 1.41 bits per heavy atom. The molecule has 1 aromatic heterocycles. The standard InChI is InChI=1S/C17H27N3O2/c1-12(13-7-9-18-10-8-13)20(5)15(21)19-14-11-17(4,22-6)16(14,2)3/h7-10,12,14H,11H2,1-6H3,(H,19,21). The Hall–Kier alpha value is -1.62. The molecule has 0 radical (unpaired) electrons. The van der Waals surface area contributed by atoms with Crippen molar-refractivity contribution in [1.29, 1.82) is 0 Å². The van der Waals surface area contributed by atoms with Crippen molar-refractivity contribution < 1.29 is 9.53 Å². The molecule has 3 atom stereocenters. The number of urea groups is 1. The molecule has 2 rings (SSSR count). The molecule has 0 aliphatic heterocycles. The summed E-state index contributed by atoms with van der Waals surface area (Å²) in [5, 5.41) is 3.14. The van der Waals surface area contributed by atoms with E-state index >= 15 is 0 Å². The van der Waals surface area contributed by atoms with Gasteiger partial charge >= 0.3 is 6.03 Å². The average Bonchev–Trinajstić information content (AvgIpc) is 2.53. The van der Waals surface area contributed by atoms with Crippen molar-refractivity contribution >= 4 is 6.03 Å². The lowest BCUT2D eigenvalue weighted by Gasteiger charge is -2.59. The lowest BCUT2D eigenvalue weighted by molar-refractivity contribution is -0.177. The van der Waals surface area contributed by atoms with Crippen molar-refractivity contribution in [3.05, 3.63) is 30.1 Å². The van der Waals surface area contributed by atoms with Gasteiger partial charge in [-0.3, -0.25) is 4.98 Å². The van der Waals surface area contributed by atoms with Gasteiger partial charge in [-0.25, -0.2) is 4.79 Å². The maximum Gasteiger partial charge on any atom is 0.317 e. The van der Waals surface area contributed by atoms with Gasteiger partial charge in [0.05, 0.1) is 11.6 Å². The van der Waals surface area contributed by atoms with Crippen LogP contribution in [0.4, 0.5) is 4.79 Å². The molecule has 1 N–H and O–H groups in total. The van der Waals surface area contributed by atoms with Gasteiger partial charge in [0, 0.05) is 38.0 Å². The summed E-state index contributed by atoms with van der Waals surface area (Å²) in [4.78, 5) is 18.3. The fraction of sp³-hybridized carbons (Fsp3) is 0.647. The lowest BCUT2D eigenvalue weighted by atomic mass is 9.56. The number of rotatable bonds is 4. The van der Waals surface area contributed by atoms with Crippen molar-refractivity contribution in [2.45, 2.75) is 51.8 Å². The van der Waals surface area contributed by atoms with E-state index in [1.807, 2.05) is 26.1 Å². The smallest absolute Gasteiger partial charge is 0.317 e. The van der Waals surface area contributed by atoms with Crippen LogP contribution in [-0.2, 0) is 4.74 Å². The van der Waals surface area contributed by atoms with Crippen LogP contribution in [0.5, 0.6) is 0 Å². The van der Waals surface area contributed by atoms with Crippen LogP contribution >= 0.6 is 0 Å². The number of amides is 2. The van der Waals surface area contributed by atoms with E-state index in [4.69, 9.17) is 4.74 Å². The molecule has 1 heterocycles. The van der Waals surface area contributed by atoms with E-state index < -0.39 is 0 Å². The molecule has 0 bridgehead atoms. The van der Waals surface area contributed by atoms with Crippen LogP contribution in [0.1, 0.15) is 45.7 Å². The number of nitrogens with one attached hydrogen (secondary N) is 1. The fourth-order valence-electron chi connectivity index (χ4n) is 3.02. The summed E-state index contributed by atoms with van der Waals surface area (Å²) in [5.74, 6) is 0. The molecule has 22 heavy (non-hydrogen) atoms. The molecular weight excluding hydrogens is 278 g/mol. The highest BCUT2D eigenvalue weighted by Gasteiger charge is 2.58. The zero-order chi connectivity index (χ0) is 16.5. The molecule has 1 aliphatic rings. The Morgan fingerprint density at radius 2 is 2.00 bits per heavy atom. The van der Waals surface area contributed by atoms with Gasteiger partial charge in [-0.15, -0.1) is 0 Å². The Kier molecular flexibility index (Phi) is 4.47. The number of carbonyl (C=O) groups excluding carboxylic acids is 1. The third-order valence-electron chi connectivity index (χ3n) is 5.67. The van der Waals surface area contributed by atoms with Gasteiger partial charge in [0.25, 0.3) is 0 Å². The van der Waals surface area contributed by atoms with Crippen molar-refractivity contribution in [3.8, 4) is 0 Å². The molecule has 1 saturated carbocycles. The van der Waals surface area contributed by atoms with Gasteiger partial charge in [-0.2, -0.15) is 0 Å². The second kappa shape index (κ2) is 5.88. The second-order valence-electron chi connectivity index (χ2n) is 6.93. The SMILES string of the molecule is COC1(C)CC(NC(=O)N(C)C(C)c2ccncc2)C1(C)C. The number of aromatic nitrogens is 1. The summed E-state index contributed by atoms with van der Waals surface area (Å²) in [6, 6.07) is 3.94. The first-order chi connectivity index (χ1) is 10.2. The molecule has 1 aliphatic carbocycles. The van der Waals surface area contributed by atoms with E-state index in [2.05, 4.69) is 31.1 Å². The summed E-state index contributed by atoms with van der Waals surface area (Å²) in [6.45, 7) is 8.38. The Bertz CT molecular complexity index is 532. The fourth-order valence-corrected chi connectivity index (χ4v) is 3.02. The molecule has 0 spiro atoms. The van der Waals surface area contributed by atoms with Crippen LogP contribution in [0.2, 0.25) is 0 Å². The maximum absolute atomic E-state index is 12.5. The van der Waals surface area contributed by atoms with Crippen LogP contribution in [0.3, 0.4) is 0 Å². The number of methoxy groups -OCH3 is 1. The first-order valence-electron chi connectivity index (χ1n) is 7.71. The first-order valence-corrected chi connectivity index (χ1v) is 7.71. The van der Waals surface area contributed by atoms with Crippen molar-refractivity contribution in [2.75, 3.05) is 14.2 Å². The number of hydrogen-bond donors (Lipinski definition) is 1. The molecule has 1 fully saturated rings. The largest absolute Gasteiger partial charge is 0.378 e. The van der Waals surface area contributed by atoms with E-state index in [1.165, 1.54) is 0 Å². The van der Waals surface area contributed by atoms with E-state index in [0.29, 0.717) is 0 Å². The summed E-state index contributed by atoms with van der Waals surface area (Å²) in [5.41, 5.74) is 0.806. The zero-order valence-corrected chi connectivity index (χ0v) is 14.4. The van der Waals surface area contributed by atoms with Gasteiger partial charge in [-0.05, 0) is 38.0 Å². The zero-order valence-electron chi connectivity index (χ0n) is 14.4. The topological polar surface area (TPSA) is 54.5 Å². The summed E-state index contributed by atoms with van der Waals surface area (Å²) in [7, 11) is 3.55. The van der Waals surface area contributed by atoms with Gasteiger partial charge in [0.1, 0.15) is 0 Å². The lowest BCUT2D eigenvalue weighted by Crippen LogP contribution is -2.69. The third kappa shape index (κ3) is 2.70. The molecule has 3 unspecified atom stereocenters. The second-order valence-corrected chi connectivity index (χ2v) is 6.93. The van der Waals surface area contributed by atoms with Gasteiger partial charge in [0.15, 0.2) is 0 Å². The number of pyridine rings is 1. The number of carbonyl (C=O) groups is 1. The quantitative estimate of drug-likeness (QED) is 0.930. The minimum absolute atomic E-state index is 0.00000223. The molecule has 5 heteroatoms. The first kappa shape index (κ1) is 16.7. The van der Waals surface area contributed by atoms with Gasteiger partial charge < -0.3 is 15.0 Å². The average molecular weight is 305 g/mol. The monoisotopic (exact) mass is 305 g/mol. The van der Waals surface area contributed by atoms with Crippen LogP contribution < -0.4 is 5.32 Å². The normalized spacial score (nSPS) is 27.6.